The van der Waals surface area contributed by atoms with Gasteiger partial charge in [0.25, 0.3) is 0 Å². The molecule has 2 N–H and O–H groups in total. The Morgan fingerprint density at radius 1 is 1.23 bits per heavy atom. The van der Waals surface area contributed by atoms with E-state index in [-0.39, 0.29) is 36.1 Å². The Morgan fingerprint density at radius 2 is 1.90 bits per heavy atom. The largest absolute Gasteiger partial charge is 0.462 e. The van der Waals surface area contributed by atoms with Crippen LogP contribution in [0.2, 0.25) is 5.02 Å². The van der Waals surface area contributed by atoms with Crippen LogP contribution in [0, 0.1) is 19.8 Å². The van der Waals surface area contributed by atoms with Crippen LogP contribution in [-0.4, -0.2) is 49.3 Å². The number of amides is 1. The maximum absolute atomic E-state index is 13.5. The van der Waals surface area contributed by atoms with Gasteiger partial charge >= 0.3 is 5.97 Å². The van der Waals surface area contributed by atoms with Gasteiger partial charge in [-0.25, -0.2) is 13.2 Å². The first-order chi connectivity index (χ1) is 14.6. The molecule has 0 saturated carbocycles. The highest BCUT2D eigenvalue weighted by molar-refractivity contribution is 7.89. The molecule has 3 rings (SSSR count). The maximum atomic E-state index is 13.5. The molecule has 1 aromatic heterocycles. The number of ether oxygens (including phenoxy) is 1. The van der Waals surface area contributed by atoms with Gasteiger partial charge in [-0.15, -0.1) is 0 Å². The van der Waals surface area contributed by atoms with E-state index in [9.17, 15) is 18.0 Å². The van der Waals surface area contributed by atoms with Gasteiger partial charge in [-0.1, -0.05) is 11.6 Å². The Balaban J connectivity index is 1.83. The van der Waals surface area contributed by atoms with Crippen LogP contribution >= 0.6 is 11.6 Å². The number of aromatic amines is 1. The lowest BCUT2D eigenvalue weighted by Crippen LogP contribution is -2.44. The Labute approximate surface area is 187 Å². The van der Waals surface area contributed by atoms with Crippen LogP contribution in [-0.2, 0) is 19.6 Å². The second-order valence-corrected chi connectivity index (χ2v) is 9.81. The van der Waals surface area contributed by atoms with Crippen molar-refractivity contribution >= 4 is 39.2 Å². The summed E-state index contributed by atoms with van der Waals surface area (Å²) in [4.78, 5) is 28.0. The van der Waals surface area contributed by atoms with Crippen LogP contribution in [0.15, 0.2) is 29.2 Å². The fraction of sp³-hybridized carbons (Fsp3) is 0.429. The van der Waals surface area contributed by atoms with Gasteiger partial charge in [-0.3, -0.25) is 4.79 Å². The van der Waals surface area contributed by atoms with Gasteiger partial charge in [-0.2, -0.15) is 4.31 Å². The molecule has 0 radical (unpaired) electrons. The minimum Gasteiger partial charge on any atom is -0.462 e. The third kappa shape index (κ3) is 4.94. The average Bonchev–Trinajstić information content (AvgIpc) is 3.04. The van der Waals surface area contributed by atoms with E-state index in [2.05, 4.69) is 10.3 Å². The molecule has 1 amide bonds. The van der Waals surface area contributed by atoms with Crippen molar-refractivity contribution in [2.24, 2.45) is 5.92 Å². The second-order valence-electron chi connectivity index (χ2n) is 7.50. The number of nitrogens with one attached hydrogen (secondary N) is 2. The van der Waals surface area contributed by atoms with Gasteiger partial charge < -0.3 is 15.0 Å². The van der Waals surface area contributed by atoms with Crippen molar-refractivity contribution < 1.29 is 22.7 Å². The molecule has 8 nitrogen and oxygen atoms in total. The summed E-state index contributed by atoms with van der Waals surface area (Å²) in [5.74, 6) is -1.45. The zero-order valence-electron chi connectivity index (χ0n) is 17.7. The van der Waals surface area contributed by atoms with Crippen LogP contribution in [0.1, 0.15) is 41.5 Å². The van der Waals surface area contributed by atoms with Gasteiger partial charge in [0, 0.05) is 35.2 Å². The van der Waals surface area contributed by atoms with Crippen molar-refractivity contribution in [3.63, 3.8) is 0 Å². The number of rotatable bonds is 6. The summed E-state index contributed by atoms with van der Waals surface area (Å²) in [5.41, 5.74) is 1.42. The first kappa shape index (κ1) is 23.3. The number of aromatic nitrogens is 1. The van der Waals surface area contributed by atoms with Crippen molar-refractivity contribution in [3.8, 4) is 0 Å². The summed E-state index contributed by atoms with van der Waals surface area (Å²) in [7, 11) is -4.01. The predicted octanol–water partition coefficient (Wildman–Crippen LogP) is 3.50. The minimum absolute atomic E-state index is 0.0205. The van der Waals surface area contributed by atoms with Crippen LogP contribution < -0.4 is 5.32 Å². The van der Waals surface area contributed by atoms with Crippen molar-refractivity contribution in [1.29, 1.82) is 0 Å². The number of aryl methyl sites for hydroxylation is 2. The summed E-state index contributed by atoms with van der Waals surface area (Å²) >= 11 is 5.87. The van der Waals surface area contributed by atoms with Crippen LogP contribution in [0.5, 0.6) is 0 Å². The molecule has 0 spiro atoms. The molecule has 1 unspecified atom stereocenters. The molecule has 168 valence electrons. The first-order valence-corrected chi connectivity index (χ1v) is 11.9. The van der Waals surface area contributed by atoms with Crippen LogP contribution in [0.3, 0.4) is 0 Å². The lowest BCUT2D eigenvalue weighted by molar-refractivity contribution is -0.120. The number of halogens is 1. The SMILES string of the molecule is CCOC(=O)c1c(C)[nH]c(C)c1S(=O)(=O)N1CCCC(C(=O)Nc2ccc(Cl)cc2)C1. The number of nitrogens with zero attached hydrogens (tertiary/aromatic N) is 1. The molecule has 0 bridgehead atoms. The number of carbonyl (C=O) groups excluding carboxylic acids is 2. The van der Waals surface area contributed by atoms with Gasteiger partial charge in [0.05, 0.1) is 12.5 Å². The van der Waals surface area contributed by atoms with Gasteiger partial charge in [-0.05, 0) is 57.9 Å². The summed E-state index contributed by atoms with van der Waals surface area (Å²) in [5, 5.41) is 3.37. The second kappa shape index (κ2) is 9.42. The monoisotopic (exact) mass is 467 g/mol. The number of hydrogen-bond acceptors (Lipinski definition) is 5. The smallest absolute Gasteiger partial charge is 0.341 e. The van der Waals surface area contributed by atoms with Crippen molar-refractivity contribution in [3.05, 3.63) is 46.2 Å². The Morgan fingerprint density at radius 3 is 2.55 bits per heavy atom. The van der Waals surface area contributed by atoms with E-state index in [1.54, 1.807) is 45.0 Å². The van der Waals surface area contributed by atoms with Crippen molar-refractivity contribution in [2.75, 3.05) is 25.0 Å². The van der Waals surface area contributed by atoms with E-state index < -0.39 is 21.9 Å². The maximum Gasteiger partial charge on any atom is 0.341 e. The minimum atomic E-state index is -4.01. The van der Waals surface area contributed by atoms with E-state index in [4.69, 9.17) is 16.3 Å². The van der Waals surface area contributed by atoms with Crippen molar-refractivity contribution in [1.82, 2.24) is 9.29 Å². The topological polar surface area (TPSA) is 109 Å². The average molecular weight is 468 g/mol. The van der Waals surface area contributed by atoms with E-state index >= 15 is 0 Å². The molecule has 1 aliphatic heterocycles. The summed E-state index contributed by atoms with van der Waals surface area (Å²) in [6, 6.07) is 6.72. The van der Waals surface area contributed by atoms with E-state index in [1.807, 2.05) is 0 Å². The highest BCUT2D eigenvalue weighted by Gasteiger charge is 2.38. The van der Waals surface area contributed by atoms with Crippen molar-refractivity contribution in [2.45, 2.75) is 38.5 Å². The Kier molecular flexibility index (Phi) is 7.08. The molecule has 2 heterocycles. The summed E-state index contributed by atoms with van der Waals surface area (Å²) in [6.07, 6.45) is 1.11. The van der Waals surface area contributed by atoms with Gasteiger partial charge in [0.1, 0.15) is 10.5 Å². The number of esters is 1. The number of anilines is 1. The highest BCUT2D eigenvalue weighted by Crippen LogP contribution is 2.31. The third-order valence-electron chi connectivity index (χ3n) is 5.26. The highest BCUT2D eigenvalue weighted by atomic mass is 35.5. The standard InChI is InChI=1S/C21H26ClN3O5S/c1-4-30-21(27)18-13(2)23-14(3)19(18)31(28,29)25-11-5-6-15(12-25)20(26)24-17-9-7-16(22)8-10-17/h7-10,15,23H,4-6,11-12H2,1-3H3,(H,24,26). The molecular formula is C21H26ClN3O5S. The summed E-state index contributed by atoms with van der Waals surface area (Å²) < 4.78 is 33.3. The van der Waals surface area contributed by atoms with E-state index in [0.717, 1.165) is 0 Å². The zero-order chi connectivity index (χ0) is 22.8. The summed E-state index contributed by atoms with van der Waals surface area (Å²) in [6.45, 7) is 5.36. The number of benzene rings is 1. The zero-order valence-corrected chi connectivity index (χ0v) is 19.3. The first-order valence-electron chi connectivity index (χ1n) is 10.1. The number of carbonyl (C=O) groups is 2. The quantitative estimate of drug-likeness (QED) is 0.632. The van der Waals surface area contributed by atoms with Crippen LogP contribution in [0.4, 0.5) is 5.69 Å². The predicted molar refractivity (Wildman–Crippen MR) is 118 cm³/mol. The normalized spacial score (nSPS) is 17.4. The molecular weight excluding hydrogens is 442 g/mol. The molecule has 10 heteroatoms. The number of piperidine rings is 1. The van der Waals surface area contributed by atoms with Crippen LogP contribution in [0.25, 0.3) is 0 Å². The molecule has 31 heavy (non-hydrogen) atoms. The Bertz CT molecular complexity index is 1080. The van der Waals surface area contributed by atoms with Gasteiger partial charge in [0.15, 0.2) is 0 Å². The number of H-pyrrole nitrogens is 1. The molecule has 1 aromatic carbocycles. The molecule has 1 atom stereocenters. The molecule has 1 aliphatic rings. The molecule has 2 aromatic rings. The Hall–Kier alpha value is -2.36. The van der Waals surface area contributed by atoms with E-state index in [0.29, 0.717) is 34.9 Å². The van der Waals surface area contributed by atoms with E-state index in [1.165, 1.54) is 4.31 Å². The molecule has 1 saturated heterocycles. The van der Waals surface area contributed by atoms with Gasteiger partial charge in [0.2, 0.25) is 15.9 Å². The lowest BCUT2D eigenvalue weighted by atomic mass is 9.99. The lowest BCUT2D eigenvalue weighted by Gasteiger charge is -2.31. The fourth-order valence-corrected chi connectivity index (χ4v) is 5.87. The molecule has 0 aliphatic carbocycles. The third-order valence-corrected chi connectivity index (χ3v) is 7.55. The number of sulfonamides is 1. The molecule has 1 fully saturated rings. The fourth-order valence-electron chi connectivity index (χ4n) is 3.81. The number of hydrogen-bond donors (Lipinski definition) is 2.